The minimum absolute atomic E-state index is 0.324. The average Bonchev–Trinajstić information content (AvgIpc) is 3.34. The summed E-state index contributed by atoms with van der Waals surface area (Å²) in [6.07, 6.45) is 5.27. The molecule has 0 bridgehead atoms. The van der Waals surface area contributed by atoms with E-state index in [0.29, 0.717) is 17.9 Å². The van der Waals surface area contributed by atoms with Gasteiger partial charge in [0.2, 0.25) is 0 Å². The summed E-state index contributed by atoms with van der Waals surface area (Å²) >= 11 is 0. The van der Waals surface area contributed by atoms with Gasteiger partial charge in [-0.25, -0.2) is 4.79 Å². The number of nitrogen functional groups attached to an aromatic ring is 1. The van der Waals surface area contributed by atoms with E-state index in [0.717, 1.165) is 30.6 Å². The fraction of sp³-hybridized carbons (Fsp3) is 0.588. The van der Waals surface area contributed by atoms with E-state index >= 15 is 0 Å². The fourth-order valence-corrected chi connectivity index (χ4v) is 2.71. The molecule has 2 aliphatic rings. The number of nitrogens with zero attached hydrogens (tertiary/aromatic N) is 1. The van der Waals surface area contributed by atoms with Gasteiger partial charge in [0.1, 0.15) is 0 Å². The second-order valence-corrected chi connectivity index (χ2v) is 6.25. The molecule has 0 heterocycles. The van der Waals surface area contributed by atoms with E-state index < -0.39 is 0 Å². The minimum Gasteiger partial charge on any atom is -0.462 e. The van der Waals surface area contributed by atoms with Crippen LogP contribution < -0.4 is 10.6 Å². The van der Waals surface area contributed by atoms with Crippen molar-refractivity contribution in [3.63, 3.8) is 0 Å². The standard InChI is InChI=1S/C17H24N2O2/c1-2-21-17(20)14-4-3-5-15(16(14)18)19(10-12-6-7-12)11-13-8-9-13/h3-5,12-13H,2,6-11,18H2,1H3. The molecule has 0 spiro atoms. The first-order valence-electron chi connectivity index (χ1n) is 7.99. The molecule has 0 aliphatic heterocycles. The zero-order chi connectivity index (χ0) is 14.8. The lowest BCUT2D eigenvalue weighted by Crippen LogP contribution is -2.29. The van der Waals surface area contributed by atoms with Crippen LogP contribution in [-0.2, 0) is 4.74 Å². The number of benzene rings is 1. The number of carbonyl (C=O) groups excluding carboxylic acids is 1. The van der Waals surface area contributed by atoms with Crippen LogP contribution in [0, 0.1) is 11.8 Å². The molecular formula is C17H24N2O2. The Balaban J connectivity index is 1.83. The lowest BCUT2D eigenvalue weighted by Gasteiger charge is -2.27. The van der Waals surface area contributed by atoms with Crippen LogP contribution in [0.5, 0.6) is 0 Å². The topological polar surface area (TPSA) is 55.6 Å². The van der Waals surface area contributed by atoms with Crippen LogP contribution in [0.15, 0.2) is 18.2 Å². The van der Waals surface area contributed by atoms with Gasteiger partial charge in [0, 0.05) is 13.1 Å². The summed E-state index contributed by atoms with van der Waals surface area (Å²) in [5, 5.41) is 0. The maximum Gasteiger partial charge on any atom is 0.340 e. The summed E-state index contributed by atoms with van der Waals surface area (Å²) in [4.78, 5) is 14.4. The third kappa shape index (κ3) is 3.49. The molecule has 1 aromatic rings. The third-order valence-corrected chi connectivity index (χ3v) is 4.27. The molecule has 2 saturated carbocycles. The van der Waals surface area contributed by atoms with E-state index in [-0.39, 0.29) is 5.97 Å². The normalized spacial score (nSPS) is 17.6. The molecule has 114 valence electrons. The van der Waals surface area contributed by atoms with Crippen LogP contribution in [0.3, 0.4) is 0 Å². The Morgan fingerprint density at radius 2 is 1.86 bits per heavy atom. The van der Waals surface area contributed by atoms with Crippen LogP contribution in [0.25, 0.3) is 0 Å². The summed E-state index contributed by atoms with van der Waals surface area (Å²) in [6, 6.07) is 5.69. The van der Waals surface area contributed by atoms with Crippen LogP contribution in [-0.4, -0.2) is 25.7 Å². The lowest BCUT2D eigenvalue weighted by atomic mass is 10.1. The monoisotopic (exact) mass is 288 g/mol. The molecule has 2 aliphatic carbocycles. The molecule has 1 aromatic carbocycles. The summed E-state index contributed by atoms with van der Waals surface area (Å²) in [5.74, 6) is 1.28. The first-order chi connectivity index (χ1) is 10.2. The van der Waals surface area contributed by atoms with Crippen molar-refractivity contribution in [1.82, 2.24) is 0 Å². The van der Waals surface area contributed by atoms with Crippen molar-refractivity contribution in [1.29, 1.82) is 0 Å². The Labute approximate surface area is 126 Å². The number of nitrogens with two attached hydrogens (primary N) is 1. The molecule has 4 heteroatoms. The van der Waals surface area contributed by atoms with Gasteiger partial charge in [-0.05, 0) is 56.6 Å². The summed E-state index contributed by atoms with van der Waals surface area (Å²) in [5.41, 5.74) is 8.32. The number of carbonyl (C=O) groups is 1. The molecule has 2 N–H and O–H groups in total. The van der Waals surface area contributed by atoms with Crippen molar-refractivity contribution in [3.05, 3.63) is 23.8 Å². The smallest absolute Gasteiger partial charge is 0.340 e. The summed E-state index contributed by atoms with van der Waals surface area (Å²) in [7, 11) is 0. The number of anilines is 2. The van der Waals surface area contributed by atoms with Crippen molar-refractivity contribution in [3.8, 4) is 0 Å². The maximum atomic E-state index is 12.0. The van der Waals surface area contributed by atoms with Crippen LogP contribution >= 0.6 is 0 Å². The lowest BCUT2D eigenvalue weighted by molar-refractivity contribution is 0.0527. The third-order valence-electron chi connectivity index (χ3n) is 4.27. The Kier molecular flexibility index (Phi) is 4.04. The highest BCUT2D eigenvalue weighted by Crippen LogP contribution is 2.38. The van der Waals surface area contributed by atoms with E-state index in [2.05, 4.69) is 4.90 Å². The Bertz CT molecular complexity index is 508. The maximum absolute atomic E-state index is 12.0. The average molecular weight is 288 g/mol. The van der Waals surface area contributed by atoms with Crippen molar-refractivity contribution in [2.24, 2.45) is 11.8 Å². The van der Waals surface area contributed by atoms with Gasteiger partial charge < -0.3 is 15.4 Å². The quantitative estimate of drug-likeness (QED) is 0.619. The molecule has 3 rings (SSSR count). The highest BCUT2D eigenvalue weighted by molar-refractivity contribution is 5.98. The number of hydrogen-bond acceptors (Lipinski definition) is 4. The van der Waals surface area contributed by atoms with Crippen LogP contribution in [0.2, 0.25) is 0 Å². The molecule has 0 aromatic heterocycles. The van der Waals surface area contributed by atoms with Crippen molar-refractivity contribution < 1.29 is 9.53 Å². The summed E-state index contributed by atoms with van der Waals surface area (Å²) in [6.45, 7) is 4.31. The van der Waals surface area contributed by atoms with Gasteiger partial charge in [-0.3, -0.25) is 0 Å². The Morgan fingerprint density at radius 3 is 2.38 bits per heavy atom. The second kappa shape index (κ2) is 5.96. The molecule has 2 fully saturated rings. The highest BCUT2D eigenvalue weighted by Gasteiger charge is 2.30. The number of para-hydroxylation sites is 1. The van der Waals surface area contributed by atoms with E-state index in [1.807, 2.05) is 19.1 Å². The number of rotatable bonds is 7. The first-order valence-corrected chi connectivity index (χ1v) is 7.99. The molecule has 0 unspecified atom stereocenters. The predicted octanol–water partition coefficient (Wildman–Crippen LogP) is 3.07. The van der Waals surface area contributed by atoms with E-state index in [1.54, 1.807) is 6.07 Å². The molecule has 21 heavy (non-hydrogen) atoms. The SMILES string of the molecule is CCOC(=O)c1cccc(N(CC2CC2)CC2CC2)c1N. The number of ether oxygens (including phenoxy) is 1. The van der Waals surface area contributed by atoms with Crippen LogP contribution in [0.1, 0.15) is 43.0 Å². The van der Waals surface area contributed by atoms with Gasteiger partial charge in [-0.15, -0.1) is 0 Å². The van der Waals surface area contributed by atoms with Gasteiger partial charge >= 0.3 is 5.97 Å². The number of esters is 1. The molecule has 0 radical (unpaired) electrons. The highest BCUT2D eigenvalue weighted by atomic mass is 16.5. The largest absolute Gasteiger partial charge is 0.462 e. The van der Waals surface area contributed by atoms with Crippen LogP contribution in [0.4, 0.5) is 11.4 Å². The Morgan fingerprint density at radius 1 is 1.24 bits per heavy atom. The predicted molar refractivity (Wildman–Crippen MR) is 84.5 cm³/mol. The van der Waals surface area contributed by atoms with Gasteiger partial charge in [0.05, 0.1) is 23.5 Å². The van der Waals surface area contributed by atoms with E-state index in [9.17, 15) is 4.79 Å². The van der Waals surface area contributed by atoms with Crippen molar-refractivity contribution in [2.45, 2.75) is 32.6 Å². The molecule has 0 amide bonds. The minimum atomic E-state index is -0.324. The Hall–Kier alpha value is -1.71. The molecule has 4 nitrogen and oxygen atoms in total. The fourth-order valence-electron chi connectivity index (χ4n) is 2.71. The zero-order valence-corrected chi connectivity index (χ0v) is 12.7. The number of hydrogen-bond donors (Lipinski definition) is 1. The van der Waals surface area contributed by atoms with Gasteiger partial charge in [-0.2, -0.15) is 0 Å². The summed E-state index contributed by atoms with van der Waals surface area (Å²) < 4.78 is 5.09. The van der Waals surface area contributed by atoms with Crippen molar-refractivity contribution >= 4 is 17.3 Å². The van der Waals surface area contributed by atoms with E-state index in [4.69, 9.17) is 10.5 Å². The first kappa shape index (κ1) is 14.2. The van der Waals surface area contributed by atoms with E-state index in [1.165, 1.54) is 25.7 Å². The zero-order valence-electron chi connectivity index (χ0n) is 12.7. The molecule has 0 saturated heterocycles. The second-order valence-electron chi connectivity index (χ2n) is 6.25. The van der Waals surface area contributed by atoms with Gasteiger partial charge in [0.25, 0.3) is 0 Å². The van der Waals surface area contributed by atoms with Gasteiger partial charge in [-0.1, -0.05) is 6.07 Å². The van der Waals surface area contributed by atoms with Gasteiger partial charge in [0.15, 0.2) is 0 Å². The molecular weight excluding hydrogens is 264 g/mol. The molecule has 0 atom stereocenters. The van der Waals surface area contributed by atoms with Crippen molar-refractivity contribution in [2.75, 3.05) is 30.3 Å².